The van der Waals surface area contributed by atoms with E-state index in [2.05, 4.69) is 10.6 Å². The van der Waals surface area contributed by atoms with Crippen LogP contribution in [0.15, 0.2) is 23.1 Å². The lowest BCUT2D eigenvalue weighted by Crippen LogP contribution is -2.25. The fraction of sp³-hybridized carbons (Fsp3) is 0.273. The van der Waals surface area contributed by atoms with Gasteiger partial charge in [-0.1, -0.05) is 0 Å². The van der Waals surface area contributed by atoms with Crippen LogP contribution in [0.5, 0.6) is 0 Å². The maximum Gasteiger partial charge on any atom is 0.270 e. The number of benzene rings is 1. The molecule has 1 aromatic rings. The molecule has 0 aromatic heterocycles. The van der Waals surface area contributed by atoms with Crippen molar-refractivity contribution in [1.82, 2.24) is 4.72 Å². The predicted molar refractivity (Wildman–Crippen MR) is 66.3 cm³/mol. The van der Waals surface area contributed by atoms with Gasteiger partial charge in [0, 0.05) is 25.1 Å². The number of terminal acetylenes is 1. The third-order valence-electron chi connectivity index (χ3n) is 2.21. The molecule has 8 heteroatoms. The number of unbranched alkanes of at least 4 members (excludes halogenated alkanes) is 1. The zero-order chi connectivity index (χ0) is 14.5. The predicted octanol–water partition coefficient (Wildman–Crippen LogP) is 1.43. The first kappa shape index (κ1) is 15.1. The van der Waals surface area contributed by atoms with Gasteiger partial charge in [-0.05, 0) is 12.5 Å². The maximum absolute atomic E-state index is 13.4. The van der Waals surface area contributed by atoms with Crippen molar-refractivity contribution < 1.29 is 17.7 Å². The Balaban J connectivity index is 2.97. The Hall–Kier alpha value is -1.98. The molecule has 0 aliphatic carbocycles. The van der Waals surface area contributed by atoms with Crippen LogP contribution in [0.3, 0.4) is 0 Å². The molecule has 0 amide bonds. The summed E-state index contributed by atoms with van der Waals surface area (Å²) in [5, 5.41) is 10.5. The highest BCUT2D eigenvalue weighted by atomic mass is 32.2. The zero-order valence-electron chi connectivity index (χ0n) is 9.80. The lowest BCUT2D eigenvalue weighted by Gasteiger charge is -2.06. The number of sulfonamides is 1. The van der Waals surface area contributed by atoms with Gasteiger partial charge in [-0.25, -0.2) is 17.5 Å². The molecule has 0 unspecified atom stereocenters. The second kappa shape index (κ2) is 6.26. The second-order valence-corrected chi connectivity index (χ2v) is 5.31. The minimum atomic E-state index is -4.13. The minimum Gasteiger partial charge on any atom is -0.258 e. The standard InChI is InChI=1S/C11H11FN2O4S/c1-2-3-4-7-13-19(17,18)11-8-9(14(15)16)5-6-10(11)12/h1,5-6,8,13H,3-4,7H2. The molecule has 1 rings (SSSR count). The third kappa shape index (κ3) is 4.01. The van der Waals surface area contributed by atoms with E-state index < -0.39 is 31.3 Å². The first-order valence-electron chi connectivity index (χ1n) is 5.25. The number of nitrogens with zero attached hydrogens (tertiary/aromatic N) is 1. The van der Waals surface area contributed by atoms with Gasteiger partial charge in [0.05, 0.1) is 4.92 Å². The molecule has 1 aromatic carbocycles. The molecule has 0 fully saturated rings. The molecule has 6 nitrogen and oxygen atoms in total. The van der Waals surface area contributed by atoms with Crippen LogP contribution in [-0.2, 0) is 10.0 Å². The number of nitrogens with one attached hydrogen (secondary N) is 1. The normalized spacial score (nSPS) is 10.9. The third-order valence-corrected chi connectivity index (χ3v) is 3.68. The number of nitro benzene ring substituents is 1. The monoisotopic (exact) mass is 286 g/mol. The van der Waals surface area contributed by atoms with E-state index in [0.717, 1.165) is 12.1 Å². The Kier molecular flexibility index (Phi) is 4.97. The highest BCUT2D eigenvalue weighted by molar-refractivity contribution is 7.89. The van der Waals surface area contributed by atoms with Crippen LogP contribution in [0.25, 0.3) is 0 Å². The van der Waals surface area contributed by atoms with Gasteiger partial charge in [-0.3, -0.25) is 10.1 Å². The van der Waals surface area contributed by atoms with Crippen molar-refractivity contribution in [2.45, 2.75) is 17.7 Å². The van der Waals surface area contributed by atoms with E-state index in [0.29, 0.717) is 18.9 Å². The SMILES string of the molecule is C#CCCCNS(=O)(=O)c1cc([N+](=O)[O-])ccc1F. The van der Waals surface area contributed by atoms with Crippen LogP contribution in [0.2, 0.25) is 0 Å². The van der Waals surface area contributed by atoms with Gasteiger partial charge in [0.2, 0.25) is 10.0 Å². The number of nitro groups is 1. The van der Waals surface area contributed by atoms with Crippen molar-refractivity contribution in [3.8, 4) is 12.3 Å². The minimum absolute atomic E-state index is 0.0364. The summed E-state index contributed by atoms with van der Waals surface area (Å²) in [6.07, 6.45) is 5.77. The van der Waals surface area contributed by atoms with Crippen LogP contribution in [0.4, 0.5) is 10.1 Å². The largest absolute Gasteiger partial charge is 0.270 e. The highest BCUT2D eigenvalue weighted by Crippen LogP contribution is 2.20. The Morgan fingerprint density at radius 3 is 2.74 bits per heavy atom. The van der Waals surface area contributed by atoms with Gasteiger partial charge in [0.15, 0.2) is 0 Å². The average Bonchev–Trinajstić information content (AvgIpc) is 2.34. The van der Waals surface area contributed by atoms with Gasteiger partial charge < -0.3 is 0 Å². The fourth-order valence-electron chi connectivity index (χ4n) is 1.29. The van der Waals surface area contributed by atoms with Gasteiger partial charge in [-0.15, -0.1) is 12.3 Å². The second-order valence-electron chi connectivity index (χ2n) is 3.58. The summed E-state index contributed by atoms with van der Waals surface area (Å²) >= 11 is 0. The molecule has 0 atom stereocenters. The molecule has 0 saturated heterocycles. The lowest BCUT2D eigenvalue weighted by molar-refractivity contribution is -0.385. The van der Waals surface area contributed by atoms with Crippen LogP contribution in [-0.4, -0.2) is 19.9 Å². The van der Waals surface area contributed by atoms with E-state index in [1.807, 2.05) is 0 Å². The molecule has 0 radical (unpaired) electrons. The Labute approximate surface area is 109 Å². The van der Waals surface area contributed by atoms with Crippen LogP contribution < -0.4 is 4.72 Å². The molecule has 0 spiro atoms. The summed E-state index contributed by atoms with van der Waals surface area (Å²) in [5.41, 5.74) is -0.495. The summed E-state index contributed by atoms with van der Waals surface area (Å²) < 4.78 is 39.1. The highest BCUT2D eigenvalue weighted by Gasteiger charge is 2.21. The summed E-state index contributed by atoms with van der Waals surface area (Å²) in [5.74, 6) is 1.28. The van der Waals surface area contributed by atoms with Gasteiger partial charge >= 0.3 is 0 Å². The van der Waals surface area contributed by atoms with Crippen molar-refractivity contribution in [1.29, 1.82) is 0 Å². The van der Waals surface area contributed by atoms with E-state index in [4.69, 9.17) is 6.42 Å². The lowest BCUT2D eigenvalue weighted by atomic mass is 10.3. The first-order valence-corrected chi connectivity index (χ1v) is 6.74. The number of hydrogen-bond acceptors (Lipinski definition) is 4. The Morgan fingerprint density at radius 1 is 1.47 bits per heavy atom. The van der Waals surface area contributed by atoms with Crippen molar-refractivity contribution in [3.05, 3.63) is 34.1 Å². The van der Waals surface area contributed by atoms with Gasteiger partial charge in [0.25, 0.3) is 5.69 Å². The molecule has 0 saturated carbocycles. The van der Waals surface area contributed by atoms with Crippen LogP contribution >= 0.6 is 0 Å². The van der Waals surface area contributed by atoms with E-state index >= 15 is 0 Å². The van der Waals surface area contributed by atoms with E-state index in [9.17, 15) is 22.9 Å². The summed E-state index contributed by atoms with van der Waals surface area (Å²) in [7, 11) is -4.13. The van der Waals surface area contributed by atoms with Crippen LogP contribution in [0.1, 0.15) is 12.8 Å². The van der Waals surface area contributed by atoms with E-state index in [1.54, 1.807) is 0 Å². The smallest absolute Gasteiger partial charge is 0.258 e. The molecular formula is C11H11FN2O4S. The zero-order valence-corrected chi connectivity index (χ0v) is 10.6. The van der Waals surface area contributed by atoms with Gasteiger partial charge in [-0.2, -0.15) is 0 Å². The molecule has 0 aliphatic heterocycles. The average molecular weight is 286 g/mol. The molecular weight excluding hydrogens is 275 g/mol. The summed E-state index contributed by atoms with van der Waals surface area (Å²) in [6.45, 7) is 0.0364. The number of hydrogen-bond donors (Lipinski definition) is 1. The molecule has 0 bridgehead atoms. The van der Waals surface area contributed by atoms with Gasteiger partial charge in [0.1, 0.15) is 10.7 Å². The van der Waals surface area contributed by atoms with Crippen LogP contribution in [0, 0.1) is 28.3 Å². The molecule has 19 heavy (non-hydrogen) atoms. The number of rotatable bonds is 6. The van der Waals surface area contributed by atoms with Crippen molar-refractivity contribution in [2.75, 3.05) is 6.54 Å². The maximum atomic E-state index is 13.4. The number of non-ortho nitro benzene ring substituents is 1. The van der Waals surface area contributed by atoms with Crippen molar-refractivity contribution in [2.24, 2.45) is 0 Å². The Morgan fingerprint density at radius 2 is 2.16 bits per heavy atom. The fourth-order valence-corrected chi connectivity index (χ4v) is 2.46. The van der Waals surface area contributed by atoms with Crippen molar-refractivity contribution >= 4 is 15.7 Å². The molecule has 102 valence electrons. The molecule has 1 N–H and O–H groups in total. The Bertz CT molecular complexity index is 622. The van der Waals surface area contributed by atoms with Crippen molar-refractivity contribution in [3.63, 3.8) is 0 Å². The first-order chi connectivity index (χ1) is 8.88. The topological polar surface area (TPSA) is 89.3 Å². The van der Waals surface area contributed by atoms with E-state index in [1.165, 1.54) is 0 Å². The summed E-state index contributed by atoms with van der Waals surface area (Å²) in [6, 6.07) is 2.32. The quantitative estimate of drug-likeness (QED) is 0.371. The summed E-state index contributed by atoms with van der Waals surface area (Å²) in [4.78, 5) is 8.99. The molecule has 0 aliphatic rings. The van der Waals surface area contributed by atoms with E-state index in [-0.39, 0.29) is 6.54 Å². The number of halogens is 1. The molecule has 0 heterocycles.